The largest absolute Gasteiger partial charge is 0.378 e. The van der Waals surface area contributed by atoms with Crippen LogP contribution in [0, 0.1) is 20.8 Å². The second-order valence-corrected chi connectivity index (χ2v) is 7.01. The highest BCUT2D eigenvalue weighted by Crippen LogP contribution is 2.23. The molecule has 0 spiro atoms. The number of para-hydroxylation sites is 1. The summed E-state index contributed by atoms with van der Waals surface area (Å²) in [4.78, 5) is 24.2. The van der Waals surface area contributed by atoms with Crippen LogP contribution in [0.25, 0.3) is 5.69 Å². The van der Waals surface area contributed by atoms with Crippen LogP contribution in [0.5, 0.6) is 0 Å². The lowest BCUT2D eigenvalue weighted by Crippen LogP contribution is -2.37. The summed E-state index contributed by atoms with van der Waals surface area (Å²) in [6.07, 6.45) is 1.59. The fourth-order valence-electron chi connectivity index (χ4n) is 3.43. The Morgan fingerprint density at radius 2 is 1.69 bits per heavy atom. The molecule has 3 aromatic rings. The van der Waals surface area contributed by atoms with Gasteiger partial charge in [-0.3, -0.25) is 4.79 Å². The molecule has 4 rings (SSSR count). The molecular formula is C21H24N6O2. The van der Waals surface area contributed by atoms with E-state index >= 15 is 0 Å². The van der Waals surface area contributed by atoms with Gasteiger partial charge in [0.2, 0.25) is 5.95 Å². The third-order valence-electron chi connectivity index (χ3n) is 5.05. The first-order valence-corrected chi connectivity index (χ1v) is 9.64. The Labute approximate surface area is 169 Å². The summed E-state index contributed by atoms with van der Waals surface area (Å²) < 4.78 is 7.15. The zero-order chi connectivity index (χ0) is 20.4. The maximum Gasteiger partial charge on any atom is 0.259 e. The van der Waals surface area contributed by atoms with E-state index in [2.05, 4.69) is 25.3 Å². The zero-order valence-electron chi connectivity index (χ0n) is 16.8. The Morgan fingerprint density at radius 3 is 2.34 bits per heavy atom. The van der Waals surface area contributed by atoms with Gasteiger partial charge in [0.15, 0.2) is 0 Å². The predicted octanol–water partition coefficient (Wildman–Crippen LogP) is 2.68. The number of benzene rings is 1. The molecule has 1 amide bonds. The summed E-state index contributed by atoms with van der Waals surface area (Å²) in [5, 5.41) is 7.34. The van der Waals surface area contributed by atoms with Gasteiger partial charge >= 0.3 is 0 Å². The van der Waals surface area contributed by atoms with Crippen molar-refractivity contribution in [3.63, 3.8) is 0 Å². The van der Waals surface area contributed by atoms with E-state index < -0.39 is 0 Å². The first kappa shape index (κ1) is 19.1. The topological polar surface area (TPSA) is 85.2 Å². The lowest BCUT2D eigenvalue weighted by Gasteiger charge is -2.27. The number of morpholine rings is 1. The van der Waals surface area contributed by atoms with Gasteiger partial charge < -0.3 is 15.0 Å². The van der Waals surface area contributed by atoms with Crippen molar-refractivity contribution in [3.8, 4) is 5.69 Å². The molecule has 1 saturated heterocycles. The number of nitrogens with one attached hydrogen (secondary N) is 1. The Bertz CT molecular complexity index is 1000. The number of ether oxygens (including phenoxy) is 1. The number of amides is 1. The molecular weight excluding hydrogens is 368 g/mol. The normalized spacial score (nSPS) is 14.1. The third kappa shape index (κ3) is 3.84. The lowest BCUT2D eigenvalue weighted by molar-refractivity contribution is 0.102. The van der Waals surface area contributed by atoms with E-state index in [1.54, 1.807) is 10.9 Å². The van der Waals surface area contributed by atoms with Crippen molar-refractivity contribution in [2.75, 3.05) is 36.5 Å². The average molecular weight is 392 g/mol. The highest BCUT2D eigenvalue weighted by atomic mass is 16.5. The predicted molar refractivity (Wildman–Crippen MR) is 111 cm³/mol. The molecule has 29 heavy (non-hydrogen) atoms. The first-order valence-electron chi connectivity index (χ1n) is 9.64. The molecule has 8 nitrogen and oxygen atoms in total. The summed E-state index contributed by atoms with van der Waals surface area (Å²) in [6.45, 7) is 8.52. The minimum absolute atomic E-state index is 0.224. The fourth-order valence-corrected chi connectivity index (χ4v) is 3.43. The molecule has 1 aliphatic heterocycles. The zero-order valence-corrected chi connectivity index (χ0v) is 16.8. The van der Waals surface area contributed by atoms with Crippen LogP contribution in [0.3, 0.4) is 0 Å². The van der Waals surface area contributed by atoms with Gasteiger partial charge in [-0.25, -0.2) is 14.6 Å². The van der Waals surface area contributed by atoms with E-state index in [1.807, 2.05) is 51.1 Å². The van der Waals surface area contributed by atoms with E-state index in [4.69, 9.17) is 4.74 Å². The number of carbonyl (C=O) groups is 1. The minimum Gasteiger partial charge on any atom is -0.378 e. The number of aromatic nitrogens is 4. The molecule has 0 bridgehead atoms. The number of nitrogens with zero attached hydrogens (tertiary/aromatic N) is 5. The molecule has 8 heteroatoms. The van der Waals surface area contributed by atoms with Crippen LogP contribution in [0.1, 0.15) is 27.4 Å². The van der Waals surface area contributed by atoms with Gasteiger partial charge in [-0.2, -0.15) is 5.10 Å². The molecule has 0 atom stereocenters. The molecule has 1 fully saturated rings. The van der Waals surface area contributed by atoms with Crippen molar-refractivity contribution in [2.45, 2.75) is 20.8 Å². The molecule has 150 valence electrons. The van der Waals surface area contributed by atoms with Crippen molar-refractivity contribution in [1.29, 1.82) is 0 Å². The van der Waals surface area contributed by atoms with Gasteiger partial charge in [0.25, 0.3) is 5.91 Å². The Morgan fingerprint density at radius 1 is 1.03 bits per heavy atom. The van der Waals surface area contributed by atoms with E-state index in [1.165, 1.54) is 0 Å². The molecule has 0 aliphatic carbocycles. The maximum absolute atomic E-state index is 12.9. The van der Waals surface area contributed by atoms with Crippen LogP contribution >= 0.6 is 0 Å². The summed E-state index contributed by atoms with van der Waals surface area (Å²) in [5.74, 6) is 0.452. The number of aryl methyl sites for hydroxylation is 2. The maximum atomic E-state index is 12.9. The standard InChI is InChI=1S/C21H24N6O2/c1-14-19(15(2)24-21(23-14)26-9-11-29-12-10-26)25-20(28)18-13-22-27(16(18)3)17-7-5-4-6-8-17/h4-8,13H,9-12H2,1-3H3,(H,25,28). The molecule has 1 N–H and O–H groups in total. The van der Waals surface area contributed by atoms with Crippen LogP contribution < -0.4 is 10.2 Å². The van der Waals surface area contributed by atoms with Crippen LogP contribution in [-0.4, -0.2) is 52.0 Å². The highest BCUT2D eigenvalue weighted by Gasteiger charge is 2.20. The van der Waals surface area contributed by atoms with Gasteiger partial charge in [-0.15, -0.1) is 0 Å². The van der Waals surface area contributed by atoms with Crippen molar-refractivity contribution < 1.29 is 9.53 Å². The second kappa shape index (κ2) is 8.00. The smallest absolute Gasteiger partial charge is 0.259 e. The number of hydrogen-bond donors (Lipinski definition) is 1. The van der Waals surface area contributed by atoms with Gasteiger partial charge in [-0.1, -0.05) is 18.2 Å². The summed E-state index contributed by atoms with van der Waals surface area (Å²) in [6, 6.07) is 9.73. The van der Waals surface area contributed by atoms with Crippen LogP contribution in [0.4, 0.5) is 11.6 Å². The number of carbonyl (C=O) groups excluding carboxylic acids is 1. The average Bonchev–Trinajstić information content (AvgIpc) is 3.13. The minimum atomic E-state index is -0.224. The molecule has 1 aromatic carbocycles. The van der Waals surface area contributed by atoms with E-state index in [0.717, 1.165) is 35.9 Å². The summed E-state index contributed by atoms with van der Waals surface area (Å²) >= 11 is 0. The molecule has 1 aliphatic rings. The molecule has 0 radical (unpaired) electrons. The van der Waals surface area contributed by atoms with Gasteiger partial charge in [0.1, 0.15) is 0 Å². The van der Waals surface area contributed by atoms with Gasteiger partial charge in [0.05, 0.1) is 53.4 Å². The fraction of sp³-hybridized carbons (Fsp3) is 0.333. The SMILES string of the molecule is Cc1nc(N2CCOCC2)nc(C)c1NC(=O)c1cnn(-c2ccccc2)c1C. The summed E-state index contributed by atoms with van der Waals surface area (Å²) in [5.41, 5.74) is 4.31. The summed E-state index contributed by atoms with van der Waals surface area (Å²) in [7, 11) is 0. The van der Waals surface area contributed by atoms with E-state index in [-0.39, 0.29) is 5.91 Å². The molecule has 3 heterocycles. The monoisotopic (exact) mass is 392 g/mol. The van der Waals surface area contributed by atoms with Gasteiger partial charge in [0, 0.05) is 13.1 Å². The van der Waals surface area contributed by atoms with E-state index in [0.29, 0.717) is 30.4 Å². The Kier molecular flexibility index (Phi) is 5.26. The van der Waals surface area contributed by atoms with Crippen molar-refractivity contribution in [1.82, 2.24) is 19.7 Å². The first-order chi connectivity index (χ1) is 14.0. The Hall–Kier alpha value is -3.26. The Balaban J connectivity index is 1.57. The van der Waals surface area contributed by atoms with Crippen molar-refractivity contribution >= 4 is 17.5 Å². The van der Waals surface area contributed by atoms with E-state index in [9.17, 15) is 4.79 Å². The lowest BCUT2D eigenvalue weighted by atomic mass is 10.2. The quantitative estimate of drug-likeness (QED) is 0.735. The highest BCUT2D eigenvalue weighted by molar-refractivity contribution is 6.05. The molecule has 0 unspecified atom stereocenters. The number of rotatable bonds is 4. The van der Waals surface area contributed by atoms with Crippen LogP contribution in [0.2, 0.25) is 0 Å². The van der Waals surface area contributed by atoms with Crippen LogP contribution in [0.15, 0.2) is 36.5 Å². The van der Waals surface area contributed by atoms with Crippen LogP contribution in [-0.2, 0) is 4.74 Å². The van der Waals surface area contributed by atoms with Crippen molar-refractivity contribution in [2.24, 2.45) is 0 Å². The second-order valence-electron chi connectivity index (χ2n) is 7.01. The molecule has 2 aromatic heterocycles. The van der Waals surface area contributed by atoms with Gasteiger partial charge in [-0.05, 0) is 32.9 Å². The number of hydrogen-bond acceptors (Lipinski definition) is 6. The van der Waals surface area contributed by atoms with Crippen molar-refractivity contribution in [3.05, 3.63) is 59.2 Å². The third-order valence-corrected chi connectivity index (χ3v) is 5.05. The molecule has 0 saturated carbocycles. The number of anilines is 2.